The molecule has 0 bridgehead atoms. The molecule has 0 unspecified atom stereocenters. The van der Waals surface area contributed by atoms with Crippen molar-refractivity contribution >= 4 is 15.9 Å². The summed E-state index contributed by atoms with van der Waals surface area (Å²) in [6.07, 6.45) is -0.0279. The van der Waals surface area contributed by atoms with Gasteiger partial charge in [-0.25, -0.2) is 12.7 Å². The van der Waals surface area contributed by atoms with Crippen molar-refractivity contribution in [3.63, 3.8) is 0 Å². The van der Waals surface area contributed by atoms with Crippen molar-refractivity contribution in [3.8, 4) is 0 Å². The van der Waals surface area contributed by atoms with Gasteiger partial charge in [0.15, 0.2) is 0 Å². The van der Waals surface area contributed by atoms with E-state index in [1.807, 2.05) is 0 Å². The highest BCUT2D eigenvalue weighted by Crippen LogP contribution is 2.14. The molecule has 146 valence electrons. The third kappa shape index (κ3) is 5.51. The average molecular weight is 384 g/mol. The first-order valence-corrected chi connectivity index (χ1v) is 10.3. The Morgan fingerprint density at radius 3 is 2.54 bits per heavy atom. The summed E-state index contributed by atoms with van der Waals surface area (Å²) in [5, 5.41) is 2.87. The Morgan fingerprint density at radius 2 is 1.96 bits per heavy atom. The van der Waals surface area contributed by atoms with E-state index >= 15 is 0 Å². The summed E-state index contributed by atoms with van der Waals surface area (Å²) in [6, 6.07) is 5.95. The summed E-state index contributed by atoms with van der Waals surface area (Å²) in [5.41, 5.74) is 0.428. The number of sulfonamides is 1. The molecule has 26 heavy (non-hydrogen) atoms. The van der Waals surface area contributed by atoms with Crippen molar-refractivity contribution in [3.05, 3.63) is 29.8 Å². The molecular formula is C18H29N3O4S. The van der Waals surface area contributed by atoms with E-state index in [0.717, 1.165) is 23.9 Å². The van der Waals surface area contributed by atoms with Crippen LogP contribution in [0, 0.1) is 5.92 Å². The fourth-order valence-corrected chi connectivity index (χ4v) is 3.79. The minimum Gasteiger partial charge on any atom is -0.374 e. The molecule has 1 saturated heterocycles. The summed E-state index contributed by atoms with van der Waals surface area (Å²) in [7, 11) is -0.539. The van der Waals surface area contributed by atoms with Gasteiger partial charge < -0.3 is 10.1 Å². The van der Waals surface area contributed by atoms with Gasteiger partial charge in [0.25, 0.3) is 5.91 Å². The van der Waals surface area contributed by atoms with E-state index in [9.17, 15) is 13.2 Å². The Bertz CT molecular complexity index is 702. The Hall–Kier alpha value is -1.48. The van der Waals surface area contributed by atoms with Crippen LogP contribution in [0.2, 0.25) is 0 Å². The number of amides is 1. The number of carbonyl (C=O) groups excluding carboxylic acids is 1. The summed E-state index contributed by atoms with van der Waals surface area (Å²) in [5.74, 6) is 0.365. The van der Waals surface area contributed by atoms with Gasteiger partial charge >= 0.3 is 0 Å². The first-order valence-electron chi connectivity index (χ1n) is 8.85. The largest absolute Gasteiger partial charge is 0.374 e. The molecule has 8 heteroatoms. The van der Waals surface area contributed by atoms with E-state index in [0.29, 0.717) is 24.6 Å². The van der Waals surface area contributed by atoms with Gasteiger partial charge in [-0.05, 0) is 30.2 Å². The van der Waals surface area contributed by atoms with Crippen molar-refractivity contribution in [2.45, 2.75) is 24.8 Å². The zero-order valence-electron chi connectivity index (χ0n) is 15.9. The van der Waals surface area contributed by atoms with Crippen LogP contribution >= 0.6 is 0 Å². The molecule has 1 fully saturated rings. The second-order valence-corrected chi connectivity index (χ2v) is 9.32. The van der Waals surface area contributed by atoms with E-state index in [2.05, 4.69) is 24.1 Å². The van der Waals surface area contributed by atoms with Crippen molar-refractivity contribution in [2.24, 2.45) is 5.92 Å². The summed E-state index contributed by atoms with van der Waals surface area (Å²) >= 11 is 0. The molecule has 1 atom stereocenters. The molecule has 1 aromatic carbocycles. The van der Waals surface area contributed by atoms with Crippen LogP contribution < -0.4 is 5.32 Å². The summed E-state index contributed by atoms with van der Waals surface area (Å²) in [6.45, 7) is 8.23. The molecule has 1 amide bonds. The van der Waals surface area contributed by atoms with Crippen molar-refractivity contribution in [1.82, 2.24) is 14.5 Å². The summed E-state index contributed by atoms with van der Waals surface area (Å²) < 4.78 is 31.0. The maximum atomic E-state index is 12.3. The quantitative estimate of drug-likeness (QED) is 0.761. The van der Waals surface area contributed by atoms with Crippen molar-refractivity contribution in [2.75, 3.05) is 46.9 Å². The fraction of sp³-hybridized carbons (Fsp3) is 0.611. The molecule has 2 rings (SSSR count). The zero-order chi connectivity index (χ0) is 19.3. The number of nitrogens with zero attached hydrogens (tertiary/aromatic N) is 2. The molecule has 0 saturated carbocycles. The van der Waals surface area contributed by atoms with E-state index in [1.54, 1.807) is 0 Å². The van der Waals surface area contributed by atoms with Gasteiger partial charge in [0.2, 0.25) is 10.0 Å². The number of morpholine rings is 1. The maximum Gasteiger partial charge on any atom is 0.251 e. The number of carbonyl (C=O) groups is 1. The van der Waals surface area contributed by atoms with E-state index < -0.39 is 10.0 Å². The standard InChI is InChI=1S/C18H29N3O4S/c1-14(2)12-21-9-10-25-16(13-21)11-19-18(22)15-5-7-17(8-6-15)26(23,24)20(3)4/h5-8,14,16H,9-13H2,1-4H3,(H,19,22)/t16-/m0/s1. The van der Waals surface area contributed by atoms with Crippen LogP contribution in [-0.2, 0) is 14.8 Å². The van der Waals surface area contributed by atoms with Gasteiger partial charge in [0, 0.05) is 45.8 Å². The third-order valence-corrected chi connectivity index (χ3v) is 6.06. The lowest BCUT2D eigenvalue weighted by atomic mass is 10.1. The van der Waals surface area contributed by atoms with Gasteiger partial charge in [-0.1, -0.05) is 13.8 Å². The number of hydrogen-bond donors (Lipinski definition) is 1. The lowest BCUT2D eigenvalue weighted by molar-refractivity contribution is -0.0295. The number of benzene rings is 1. The smallest absolute Gasteiger partial charge is 0.251 e. The second kappa shape index (κ2) is 8.94. The van der Waals surface area contributed by atoms with Gasteiger partial charge in [0.05, 0.1) is 17.6 Å². The molecule has 1 N–H and O–H groups in total. The molecule has 0 aromatic heterocycles. The predicted octanol–water partition coefficient (Wildman–Crippen LogP) is 1.02. The summed E-state index contributed by atoms with van der Waals surface area (Å²) in [4.78, 5) is 14.8. The normalized spacial score (nSPS) is 19.1. The Kier molecular flexibility index (Phi) is 7.16. The first kappa shape index (κ1) is 20.8. The highest BCUT2D eigenvalue weighted by Gasteiger charge is 2.22. The first-order chi connectivity index (χ1) is 12.2. The molecule has 0 aliphatic carbocycles. The minimum atomic E-state index is -3.49. The van der Waals surface area contributed by atoms with Crippen LogP contribution in [0.3, 0.4) is 0 Å². The average Bonchev–Trinajstić information content (AvgIpc) is 2.59. The molecule has 7 nitrogen and oxygen atoms in total. The number of hydrogen-bond acceptors (Lipinski definition) is 5. The minimum absolute atomic E-state index is 0.0279. The molecule has 1 aliphatic heterocycles. The molecule has 0 spiro atoms. The number of rotatable bonds is 7. The Labute approximate surface area is 156 Å². The molecule has 0 radical (unpaired) electrons. The van der Waals surface area contributed by atoms with Gasteiger partial charge in [0.1, 0.15) is 0 Å². The zero-order valence-corrected chi connectivity index (χ0v) is 16.8. The van der Waals surface area contributed by atoms with Crippen LogP contribution in [0.4, 0.5) is 0 Å². The Balaban J connectivity index is 1.90. The van der Waals surface area contributed by atoms with E-state index in [-0.39, 0.29) is 16.9 Å². The maximum absolute atomic E-state index is 12.3. The molecule has 1 aromatic rings. The molecule has 1 aliphatic rings. The third-order valence-electron chi connectivity index (χ3n) is 4.23. The fourth-order valence-electron chi connectivity index (χ4n) is 2.88. The highest BCUT2D eigenvalue weighted by molar-refractivity contribution is 7.89. The van der Waals surface area contributed by atoms with Crippen LogP contribution in [0.5, 0.6) is 0 Å². The van der Waals surface area contributed by atoms with Crippen LogP contribution in [0.25, 0.3) is 0 Å². The predicted molar refractivity (Wildman–Crippen MR) is 101 cm³/mol. The van der Waals surface area contributed by atoms with E-state index in [1.165, 1.54) is 38.4 Å². The van der Waals surface area contributed by atoms with Crippen molar-refractivity contribution < 1.29 is 17.9 Å². The van der Waals surface area contributed by atoms with Crippen LogP contribution in [-0.4, -0.2) is 76.5 Å². The van der Waals surface area contributed by atoms with Gasteiger partial charge in [-0.3, -0.25) is 9.69 Å². The second-order valence-electron chi connectivity index (χ2n) is 7.17. The SMILES string of the molecule is CC(C)CN1CCO[C@@H](CNC(=O)c2ccc(S(=O)(=O)N(C)C)cc2)C1. The highest BCUT2D eigenvalue weighted by atomic mass is 32.2. The van der Waals surface area contributed by atoms with Gasteiger partial charge in [-0.2, -0.15) is 0 Å². The van der Waals surface area contributed by atoms with Crippen molar-refractivity contribution in [1.29, 1.82) is 0 Å². The van der Waals surface area contributed by atoms with E-state index in [4.69, 9.17) is 4.74 Å². The van der Waals surface area contributed by atoms with Gasteiger partial charge in [-0.15, -0.1) is 0 Å². The van der Waals surface area contributed by atoms with Crippen LogP contribution in [0.15, 0.2) is 29.2 Å². The molecule has 1 heterocycles. The number of nitrogens with one attached hydrogen (secondary N) is 1. The van der Waals surface area contributed by atoms with Crippen LogP contribution in [0.1, 0.15) is 24.2 Å². The lowest BCUT2D eigenvalue weighted by Gasteiger charge is -2.33. The monoisotopic (exact) mass is 383 g/mol. The lowest BCUT2D eigenvalue weighted by Crippen LogP contribution is -2.48. The topological polar surface area (TPSA) is 79.0 Å². The number of ether oxygens (including phenoxy) is 1. The molecular weight excluding hydrogens is 354 g/mol. The Morgan fingerprint density at radius 1 is 1.31 bits per heavy atom.